The van der Waals surface area contributed by atoms with E-state index in [4.69, 9.17) is 21.4 Å². The number of carbonyl (C=O) groups excluding carboxylic acids is 1. The van der Waals surface area contributed by atoms with Gasteiger partial charge in [-0.25, -0.2) is 0 Å². The molecule has 0 aromatic heterocycles. The van der Waals surface area contributed by atoms with Gasteiger partial charge in [0.25, 0.3) is 0 Å². The molecule has 0 saturated heterocycles. The van der Waals surface area contributed by atoms with Crippen LogP contribution in [0.1, 0.15) is 12.8 Å². The molecule has 116 valence electrons. The molecule has 3 rings (SSSR count). The zero-order valence-corrected chi connectivity index (χ0v) is 12.8. The summed E-state index contributed by atoms with van der Waals surface area (Å²) >= 11 is 6.29. The van der Waals surface area contributed by atoms with E-state index in [0.717, 1.165) is 16.2 Å². The molecule has 0 fully saturated rings. The van der Waals surface area contributed by atoms with Crippen LogP contribution in [-0.2, 0) is 9.59 Å². The van der Waals surface area contributed by atoms with Gasteiger partial charge in [0.15, 0.2) is 0 Å². The number of rotatable bonds is 4. The van der Waals surface area contributed by atoms with Gasteiger partial charge >= 0.3 is 11.9 Å². The summed E-state index contributed by atoms with van der Waals surface area (Å²) in [5.41, 5.74) is 0. The summed E-state index contributed by atoms with van der Waals surface area (Å²) in [4.78, 5) is 22.6. The van der Waals surface area contributed by atoms with Crippen LogP contribution in [-0.4, -0.2) is 17.0 Å². The first-order valence-corrected chi connectivity index (χ1v) is 7.46. The number of aliphatic carboxylic acids is 1. The van der Waals surface area contributed by atoms with E-state index in [1.165, 1.54) is 0 Å². The number of halogens is 1. The van der Waals surface area contributed by atoms with E-state index in [1.807, 2.05) is 42.5 Å². The fraction of sp³-hybridized carbons (Fsp3) is 0.111. The van der Waals surface area contributed by atoms with Crippen LogP contribution in [0.15, 0.2) is 48.5 Å². The molecule has 0 radical (unpaired) electrons. The third-order valence-corrected chi connectivity index (χ3v) is 3.86. The van der Waals surface area contributed by atoms with Gasteiger partial charge in [-0.05, 0) is 22.9 Å². The smallest absolute Gasteiger partial charge is 0.311 e. The normalized spacial score (nSPS) is 10.8. The van der Waals surface area contributed by atoms with Crippen LogP contribution in [0, 0.1) is 0 Å². The molecule has 0 saturated carbocycles. The van der Waals surface area contributed by atoms with Crippen molar-refractivity contribution >= 4 is 45.1 Å². The van der Waals surface area contributed by atoms with Crippen LogP contribution in [0.25, 0.3) is 21.5 Å². The fourth-order valence-corrected chi connectivity index (χ4v) is 2.78. The van der Waals surface area contributed by atoms with E-state index in [-0.39, 0.29) is 12.8 Å². The van der Waals surface area contributed by atoms with Gasteiger partial charge < -0.3 is 9.84 Å². The van der Waals surface area contributed by atoms with Crippen molar-refractivity contribution in [3.05, 3.63) is 53.6 Å². The molecule has 5 heteroatoms. The first kappa shape index (κ1) is 15.3. The zero-order chi connectivity index (χ0) is 16.4. The van der Waals surface area contributed by atoms with Crippen molar-refractivity contribution in [2.45, 2.75) is 12.8 Å². The molecular formula is C18H13ClO4. The lowest BCUT2D eigenvalue weighted by Crippen LogP contribution is -2.10. The molecule has 0 aliphatic heterocycles. The van der Waals surface area contributed by atoms with Crippen LogP contribution >= 0.6 is 11.6 Å². The highest BCUT2D eigenvalue weighted by Gasteiger charge is 2.15. The average molecular weight is 329 g/mol. The number of carboxylic acids is 1. The lowest BCUT2D eigenvalue weighted by Gasteiger charge is -2.12. The Balaban J connectivity index is 2.14. The molecule has 0 heterocycles. The van der Waals surface area contributed by atoms with E-state index in [9.17, 15) is 9.59 Å². The highest BCUT2D eigenvalue weighted by molar-refractivity contribution is 6.37. The topological polar surface area (TPSA) is 63.6 Å². The predicted molar refractivity (Wildman–Crippen MR) is 89.0 cm³/mol. The van der Waals surface area contributed by atoms with Gasteiger partial charge in [0.05, 0.1) is 17.9 Å². The summed E-state index contributed by atoms with van der Waals surface area (Å²) < 4.78 is 5.49. The summed E-state index contributed by atoms with van der Waals surface area (Å²) in [5.74, 6) is -1.26. The summed E-state index contributed by atoms with van der Waals surface area (Å²) in [6.07, 6.45) is -0.459. The first-order valence-electron chi connectivity index (χ1n) is 7.08. The third-order valence-electron chi connectivity index (χ3n) is 3.55. The minimum Gasteiger partial charge on any atom is -0.481 e. The van der Waals surface area contributed by atoms with Gasteiger partial charge in [-0.2, -0.15) is 0 Å². The summed E-state index contributed by atoms with van der Waals surface area (Å²) in [6.45, 7) is 0. The lowest BCUT2D eigenvalue weighted by atomic mass is 10.0. The Kier molecular flexibility index (Phi) is 4.17. The largest absolute Gasteiger partial charge is 0.481 e. The fourth-order valence-electron chi connectivity index (χ4n) is 2.51. The summed E-state index contributed by atoms with van der Waals surface area (Å²) in [5, 5.41) is 12.4. The molecule has 0 unspecified atom stereocenters. The van der Waals surface area contributed by atoms with Gasteiger partial charge in [0, 0.05) is 10.8 Å². The van der Waals surface area contributed by atoms with Crippen molar-refractivity contribution in [3.8, 4) is 5.75 Å². The molecule has 0 aliphatic rings. The number of fused-ring (bicyclic) bond motifs is 2. The van der Waals surface area contributed by atoms with E-state index >= 15 is 0 Å². The van der Waals surface area contributed by atoms with E-state index in [0.29, 0.717) is 16.2 Å². The monoisotopic (exact) mass is 328 g/mol. The molecule has 0 aliphatic carbocycles. The standard InChI is InChI=1S/C18H13ClO4/c19-14-7-3-5-12-10-11-4-1-2-6-13(11)18(17(12)14)23-16(22)9-8-15(20)21/h1-7,10H,8-9H2,(H,20,21). The third kappa shape index (κ3) is 3.12. The predicted octanol–water partition coefficient (Wildman–Crippen LogP) is 4.42. The molecule has 0 amide bonds. The number of esters is 1. The number of hydrogen-bond donors (Lipinski definition) is 1. The quantitative estimate of drug-likeness (QED) is 0.437. The van der Waals surface area contributed by atoms with Gasteiger partial charge in [-0.1, -0.05) is 48.0 Å². The molecule has 3 aromatic rings. The van der Waals surface area contributed by atoms with Crippen molar-refractivity contribution < 1.29 is 19.4 Å². The molecule has 3 aromatic carbocycles. The summed E-state index contributed by atoms with van der Waals surface area (Å²) in [7, 11) is 0. The number of hydrogen-bond acceptors (Lipinski definition) is 3. The van der Waals surface area contributed by atoms with E-state index < -0.39 is 11.9 Å². The average Bonchev–Trinajstić information content (AvgIpc) is 2.53. The van der Waals surface area contributed by atoms with Crippen molar-refractivity contribution in [1.82, 2.24) is 0 Å². The maximum Gasteiger partial charge on any atom is 0.311 e. The molecule has 4 nitrogen and oxygen atoms in total. The Morgan fingerprint density at radius 1 is 1.00 bits per heavy atom. The maximum atomic E-state index is 12.0. The Morgan fingerprint density at radius 3 is 2.52 bits per heavy atom. The van der Waals surface area contributed by atoms with Crippen LogP contribution in [0.2, 0.25) is 5.02 Å². The Labute approximate surface area is 137 Å². The number of carbonyl (C=O) groups is 2. The highest BCUT2D eigenvalue weighted by Crippen LogP contribution is 2.39. The molecular weight excluding hydrogens is 316 g/mol. The van der Waals surface area contributed by atoms with Crippen LogP contribution in [0.4, 0.5) is 0 Å². The number of carboxylic acid groups (broad SMARTS) is 1. The lowest BCUT2D eigenvalue weighted by molar-refractivity contribution is -0.142. The van der Waals surface area contributed by atoms with Crippen molar-refractivity contribution in [3.63, 3.8) is 0 Å². The second-order valence-electron chi connectivity index (χ2n) is 5.13. The molecule has 0 bridgehead atoms. The van der Waals surface area contributed by atoms with Crippen LogP contribution < -0.4 is 4.74 Å². The second-order valence-corrected chi connectivity index (χ2v) is 5.54. The maximum absolute atomic E-state index is 12.0. The highest BCUT2D eigenvalue weighted by atomic mass is 35.5. The van der Waals surface area contributed by atoms with Gasteiger partial charge in [0.2, 0.25) is 0 Å². The molecule has 0 spiro atoms. The van der Waals surface area contributed by atoms with E-state index in [1.54, 1.807) is 6.07 Å². The minimum atomic E-state index is -1.04. The SMILES string of the molecule is O=C(O)CCC(=O)Oc1c2ccccc2cc2cccc(Cl)c12. The second kappa shape index (κ2) is 6.26. The van der Waals surface area contributed by atoms with E-state index in [2.05, 4.69) is 0 Å². The Bertz CT molecular complexity index is 917. The van der Waals surface area contributed by atoms with Gasteiger partial charge in [-0.3, -0.25) is 9.59 Å². The minimum absolute atomic E-state index is 0.190. The van der Waals surface area contributed by atoms with Crippen molar-refractivity contribution in [2.24, 2.45) is 0 Å². The molecule has 0 atom stereocenters. The number of ether oxygens (including phenoxy) is 1. The Morgan fingerprint density at radius 2 is 1.74 bits per heavy atom. The number of benzene rings is 3. The van der Waals surface area contributed by atoms with Crippen LogP contribution in [0.3, 0.4) is 0 Å². The van der Waals surface area contributed by atoms with Crippen LogP contribution in [0.5, 0.6) is 5.75 Å². The Hall–Kier alpha value is -2.59. The van der Waals surface area contributed by atoms with Gasteiger partial charge in [-0.15, -0.1) is 0 Å². The first-order chi connectivity index (χ1) is 11.1. The zero-order valence-electron chi connectivity index (χ0n) is 12.1. The van der Waals surface area contributed by atoms with Crippen molar-refractivity contribution in [1.29, 1.82) is 0 Å². The summed E-state index contributed by atoms with van der Waals surface area (Å²) in [6, 6.07) is 14.9. The van der Waals surface area contributed by atoms with Crippen molar-refractivity contribution in [2.75, 3.05) is 0 Å². The van der Waals surface area contributed by atoms with Gasteiger partial charge in [0.1, 0.15) is 5.75 Å². The molecule has 1 N–H and O–H groups in total. The molecule has 23 heavy (non-hydrogen) atoms.